The molecule has 2 N–H and O–H groups in total. The number of hydrogen-bond acceptors (Lipinski definition) is 5. The molecule has 1 aliphatic carbocycles. The van der Waals surface area contributed by atoms with Gasteiger partial charge in [0.2, 0.25) is 0 Å². The minimum absolute atomic E-state index is 0.0383. The van der Waals surface area contributed by atoms with Crippen LogP contribution < -0.4 is 5.32 Å². The maximum Gasteiger partial charge on any atom is 0.407 e. The number of fused-ring (bicyclic) bond motifs is 3. The molecule has 0 saturated carbocycles. The van der Waals surface area contributed by atoms with Crippen molar-refractivity contribution in [2.24, 2.45) is 0 Å². The van der Waals surface area contributed by atoms with E-state index in [9.17, 15) is 14.7 Å². The highest BCUT2D eigenvalue weighted by molar-refractivity contribution is 5.79. The van der Waals surface area contributed by atoms with E-state index in [1.165, 1.54) is 7.11 Å². The predicted octanol–water partition coefficient (Wildman–Crippen LogP) is 2.06. The number of benzene rings is 2. The van der Waals surface area contributed by atoms with Gasteiger partial charge in [-0.3, -0.25) is 0 Å². The lowest BCUT2D eigenvalue weighted by Gasteiger charge is -2.15. The second-order valence-corrected chi connectivity index (χ2v) is 5.75. The zero-order valence-electron chi connectivity index (χ0n) is 13.8. The molecule has 0 aliphatic heterocycles. The van der Waals surface area contributed by atoms with E-state index in [4.69, 9.17) is 4.74 Å². The first-order valence-corrected chi connectivity index (χ1v) is 7.96. The average molecular weight is 341 g/mol. The number of ether oxygens (including phenoxy) is 2. The molecule has 2 aromatic rings. The lowest BCUT2D eigenvalue weighted by atomic mass is 9.98. The molecule has 0 bridgehead atoms. The first-order valence-electron chi connectivity index (χ1n) is 7.96. The van der Waals surface area contributed by atoms with Crippen LogP contribution in [0.4, 0.5) is 4.79 Å². The minimum Gasteiger partial charge on any atom is -0.467 e. The van der Waals surface area contributed by atoms with Crippen molar-refractivity contribution in [2.75, 3.05) is 20.3 Å². The Hall–Kier alpha value is -2.86. The van der Waals surface area contributed by atoms with Crippen molar-refractivity contribution >= 4 is 12.1 Å². The van der Waals surface area contributed by atoms with Crippen LogP contribution in [-0.2, 0) is 14.3 Å². The lowest BCUT2D eigenvalue weighted by Crippen LogP contribution is -2.37. The molecule has 0 aromatic heterocycles. The van der Waals surface area contributed by atoms with E-state index in [1.54, 1.807) is 0 Å². The van der Waals surface area contributed by atoms with Gasteiger partial charge in [-0.05, 0) is 22.3 Å². The molecule has 0 fully saturated rings. The molecular weight excluding hydrogens is 322 g/mol. The van der Waals surface area contributed by atoms with Crippen molar-refractivity contribution in [1.82, 2.24) is 5.32 Å². The first-order chi connectivity index (χ1) is 12.1. The summed E-state index contributed by atoms with van der Waals surface area (Å²) in [5.41, 5.74) is 4.53. The van der Waals surface area contributed by atoms with Crippen LogP contribution in [0, 0.1) is 0 Å². The van der Waals surface area contributed by atoms with E-state index in [1.807, 2.05) is 36.4 Å². The van der Waals surface area contributed by atoms with Crippen molar-refractivity contribution in [2.45, 2.75) is 12.0 Å². The van der Waals surface area contributed by atoms with Crippen LogP contribution in [0.3, 0.4) is 0 Å². The summed E-state index contributed by atoms with van der Waals surface area (Å²) in [5, 5.41) is 11.8. The molecule has 6 nitrogen and oxygen atoms in total. The molecule has 0 heterocycles. The average Bonchev–Trinajstić information content (AvgIpc) is 2.97. The number of aliphatic hydroxyl groups excluding tert-OH is 1. The van der Waals surface area contributed by atoms with Gasteiger partial charge in [-0.15, -0.1) is 0 Å². The molecular formula is C19H19NO5. The Morgan fingerprint density at radius 3 is 2.20 bits per heavy atom. The normalized spacial score (nSPS) is 13.5. The number of amides is 1. The third-order valence-electron chi connectivity index (χ3n) is 4.26. The zero-order chi connectivity index (χ0) is 17.8. The molecule has 0 spiro atoms. The number of aliphatic hydroxyl groups is 1. The van der Waals surface area contributed by atoms with Crippen molar-refractivity contribution in [1.29, 1.82) is 0 Å². The molecule has 25 heavy (non-hydrogen) atoms. The summed E-state index contributed by atoms with van der Waals surface area (Å²) in [4.78, 5) is 22.9. The molecule has 1 amide bonds. The molecule has 2 aromatic carbocycles. The third kappa shape index (κ3) is 3.49. The Labute approximate surface area is 145 Å². The van der Waals surface area contributed by atoms with E-state index in [0.29, 0.717) is 0 Å². The van der Waals surface area contributed by atoms with Gasteiger partial charge in [-0.2, -0.15) is 0 Å². The Balaban J connectivity index is 1.64. The Morgan fingerprint density at radius 2 is 1.64 bits per heavy atom. The van der Waals surface area contributed by atoms with E-state index in [-0.39, 0.29) is 19.1 Å². The second kappa shape index (κ2) is 7.36. The summed E-state index contributed by atoms with van der Waals surface area (Å²) in [6.45, 7) is -0.0858. The van der Waals surface area contributed by atoms with Gasteiger partial charge in [0.05, 0.1) is 13.7 Å². The highest BCUT2D eigenvalue weighted by Gasteiger charge is 2.29. The number of hydrogen-bond donors (Lipinski definition) is 2. The van der Waals surface area contributed by atoms with Gasteiger partial charge in [0.1, 0.15) is 6.61 Å². The van der Waals surface area contributed by atoms with Crippen LogP contribution in [0.25, 0.3) is 11.1 Å². The zero-order valence-corrected chi connectivity index (χ0v) is 13.8. The summed E-state index contributed by atoms with van der Waals surface area (Å²) in [5.74, 6) is -0.845. The number of carbonyl (C=O) groups excluding carboxylic acids is 2. The number of alkyl carbamates (subject to hydrolysis) is 1. The van der Waals surface area contributed by atoms with E-state index < -0.39 is 18.2 Å². The molecule has 0 saturated heterocycles. The van der Waals surface area contributed by atoms with Gasteiger partial charge < -0.3 is 19.9 Å². The Morgan fingerprint density at radius 1 is 1.08 bits per heavy atom. The molecule has 130 valence electrons. The van der Waals surface area contributed by atoms with E-state index in [0.717, 1.165) is 22.3 Å². The van der Waals surface area contributed by atoms with Gasteiger partial charge in [-0.25, -0.2) is 9.59 Å². The minimum atomic E-state index is -1.41. The van der Waals surface area contributed by atoms with Crippen LogP contribution in [0.2, 0.25) is 0 Å². The predicted molar refractivity (Wildman–Crippen MR) is 91.1 cm³/mol. The number of rotatable bonds is 5. The van der Waals surface area contributed by atoms with Crippen molar-refractivity contribution in [3.05, 3.63) is 59.7 Å². The highest BCUT2D eigenvalue weighted by Crippen LogP contribution is 2.44. The molecule has 1 aliphatic rings. The fraction of sp³-hybridized carbons (Fsp3) is 0.263. The van der Waals surface area contributed by atoms with E-state index in [2.05, 4.69) is 22.2 Å². The van der Waals surface area contributed by atoms with Crippen molar-refractivity contribution in [3.63, 3.8) is 0 Å². The molecule has 0 radical (unpaired) electrons. The molecule has 1 atom stereocenters. The van der Waals surface area contributed by atoms with Gasteiger partial charge >= 0.3 is 12.1 Å². The third-order valence-corrected chi connectivity index (χ3v) is 4.26. The summed E-state index contributed by atoms with van der Waals surface area (Å²) in [7, 11) is 1.17. The van der Waals surface area contributed by atoms with Crippen LogP contribution in [-0.4, -0.2) is 43.5 Å². The van der Waals surface area contributed by atoms with Crippen LogP contribution in [0.1, 0.15) is 17.0 Å². The Bertz CT molecular complexity index is 743. The maximum atomic E-state index is 11.8. The number of methoxy groups -OCH3 is 1. The van der Waals surface area contributed by atoms with Gasteiger partial charge in [0.15, 0.2) is 6.10 Å². The van der Waals surface area contributed by atoms with Crippen molar-refractivity contribution in [3.8, 4) is 11.1 Å². The van der Waals surface area contributed by atoms with Gasteiger partial charge in [0.25, 0.3) is 0 Å². The van der Waals surface area contributed by atoms with Crippen LogP contribution >= 0.6 is 0 Å². The first kappa shape index (κ1) is 17.0. The summed E-state index contributed by atoms with van der Waals surface area (Å²) >= 11 is 0. The summed E-state index contributed by atoms with van der Waals surface area (Å²) in [6, 6.07) is 16.1. The quantitative estimate of drug-likeness (QED) is 0.813. The second-order valence-electron chi connectivity index (χ2n) is 5.75. The monoisotopic (exact) mass is 341 g/mol. The Kier molecular flexibility index (Phi) is 5.00. The summed E-state index contributed by atoms with van der Waals surface area (Å²) in [6.07, 6.45) is -2.10. The largest absolute Gasteiger partial charge is 0.467 e. The highest BCUT2D eigenvalue weighted by atomic mass is 16.6. The maximum absolute atomic E-state index is 11.8. The van der Waals surface area contributed by atoms with Crippen LogP contribution in [0.15, 0.2) is 48.5 Å². The molecule has 6 heteroatoms. The van der Waals surface area contributed by atoms with E-state index >= 15 is 0 Å². The molecule has 3 rings (SSSR count). The van der Waals surface area contributed by atoms with Crippen molar-refractivity contribution < 1.29 is 24.2 Å². The SMILES string of the molecule is COC(=O)[C@@H](O)CNC(=O)OCC1c2ccccc2-c2ccccc21. The van der Waals surface area contributed by atoms with Gasteiger partial charge in [-0.1, -0.05) is 48.5 Å². The molecule has 0 unspecified atom stereocenters. The number of nitrogens with one attached hydrogen (secondary N) is 1. The smallest absolute Gasteiger partial charge is 0.407 e. The lowest BCUT2D eigenvalue weighted by molar-refractivity contribution is -0.149. The topological polar surface area (TPSA) is 84.9 Å². The fourth-order valence-corrected chi connectivity index (χ4v) is 3.05. The number of carbonyl (C=O) groups is 2. The van der Waals surface area contributed by atoms with Gasteiger partial charge in [0, 0.05) is 5.92 Å². The van der Waals surface area contributed by atoms with Crippen LogP contribution in [0.5, 0.6) is 0 Å². The number of esters is 1. The standard InChI is InChI=1S/C19H19NO5/c1-24-18(22)17(21)10-20-19(23)25-11-16-14-8-4-2-6-12(14)13-7-3-5-9-15(13)16/h2-9,16-17,21H,10-11H2,1H3,(H,20,23)/t17-/m0/s1. The fourth-order valence-electron chi connectivity index (χ4n) is 3.05. The summed E-state index contributed by atoms with van der Waals surface area (Å²) < 4.78 is 9.67.